The van der Waals surface area contributed by atoms with E-state index in [1.807, 2.05) is 44.2 Å². The van der Waals surface area contributed by atoms with Crippen LogP contribution in [0.5, 0.6) is 0 Å². The number of aliphatic hydroxyl groups is 1. The number of benzene rings is 1. The van der Waals surface area contributed by atoms with Crippen molar-refractivity contribution in [1.29, 1.82) is 0 Å². The third-order valence-corrected chi connectivity index (χ3v) is 11.8. The zero-order chi connectivity index (χ0) is 27.0. The number of carbonyl (C=O) groups is 3. The van der Waals surface area contributed by atoms with Crippen LogP contribution in [0.2, 0.25) is 0 Å². The fourth-order valence-corrected chi connectivity index (χ4v) is 10.3. The number of rotatable bonds is 4. The van der Waals surface area contributed by atoms with Crippen molar-refractivity contribution >= 4 is 17.3 Å². The lowest BCUT2D eigenvalue weighted by atomic mass is 9.33. The SMILES string of the molecule is CC(C)=CC[C@H]1C[C@@]23C[C@H]4C(C)(C)c5ccccc5C(=O)[C@]45C(=O)[C@@](CC=C(C)C)(C[C@@]1(C)[C@]25O)C3=O. The first-order valence-electron chi connectivity index (χ1n) is 13.9. The number of allylic oxidation sites excluding steroid dienone is 4. The minimum atomic E-state index is -1.68. The summed E-state index contributed by atoms with van der Waals surface area (Å²) >= 11 is 0. The van der Waals surface area contributed by atoms with Crippen LogP contribution < -0.4 is 0 Å². The van der Waals surface area contributed by atoms with Gasteiger partial charge in [-0.1, -0.05) is 68.3 Å². The molecule has 7 rings (SSSR count). The summed E-state index contributed by atoms with van der Waals surface area (Å²) in [5.74, 6) is -1.01. The van der Waals surface area contributed by atoms with Gasteiger partial charge < -0.3 is 5.11 Å². The highest BCUT2D eigenvalue weighted by Gasteiger charge is 2.97. The summed E-state index contributed by atoms with van der Waals surface area (Å²) in [5, 5.41) is 13.3. The van der Waals surface area contributed by atoms with Crippen LogP contribution in [0.3, 0.4) is 0 Å². The number of Topliss-reactive ketones (excluding diaryl/α,β-unsaturated/α-hetero) is 3. The molecule has 37 heavy (non-hydrogen) atoms. The van der Waals surface area contributed by atoms with Gasteiger partial charge in [-0.3, -0.25) is 14.4 Å². The minimum absolute atomic E-state index is 0.0314. The summed E-state index contributed by atoms with van der Waals surface area (Å²) in [6.07, 6.45) is 6.54. The third-order valence-electron chi connectivity index (χ3n) is 11.8. The molecule has 4 heteroatoms. The Bertz CT molecular complexity index is 1340. The highest BCUT2D eigenvalue weighted by molar-refractivity contribution is 6.29. The van der Waals surface area contributed by atoms with E-state index in [9.17, 15) is 14.7 Å². The Morgan fingerprint density at radius 3 is 2.24 bits per heavy atom. The zero-order valence-electron chi connectivity index (χ0n) is 23.3. The first-order valence-corrected chi connectivity index (χ1v) is 13.9. The van der Waals surface area contributed by atoms with Crippen LogP contribution >= 0.6 is 0 Å². The summed E-state index contributed by atoms with van der Waals surface area (Å²) in [6.45, 7) is 14.4. The maximum absolute atomic E-state index is 15.0. The van der Waals surface area contributed by atoms with Gasteiger partial charge in [0.1, 0.15) is 11.0 Å². The molecule has 0 aromatic heterocycles. The van der Waals surface area contributed by atoms with Crippen LogP contribution in [-0.4, -0.2) is 28.1 Å². The molecular weight excluding hydrogens is 460 g/mol. The van der Waals surface area contributed by atoms with Crippen molar-refractivity contribution in [2.45, 2.75) is 91.6 Å². The summed E-state index contributed by atoms with van der Waals surface area (Å²) in [6, 6.07) is 7.61. The summed E-state index contributed by atoms with van der Waals surface area (Å²) in [5.41, 5.74) is -3.14. The van der Waals surface area contributed by atoms with Gasteiger partial charge >= 0.3 is 0 Å². The molecule has 4 nitrogen and oxygen atoms in total. The lowest BCUT2D eigenvalue weighted by Gasteiger charge is -2.68. The number of fused-ring (bicyclic) bond motifs is 1. The largest absolute Gasteiger partial charge is 0.387 e. The monoisotopic (exact) mass is 500 g/mol. The topological polar surface area (TPSA) is 71.4 Å². The highest BCUT2D eigenvalue weighted by atomic mass is 16.3. The molecule has 0 amide bonds. The van der Waals surface area contributed by atoms with Gasteiger partial charge in [-0.05, 0) is 82.6 Å². The van der Waals surface area contributed by atoms with Crippen LogP contribution in [-0.2, 0) is 15.0 Å². The molecule has 1 aromatic rings. The Kier molecular flexibility index (Phi) is 4.72. The number of hydrogen-bond donors (Lipinski definition) is 1. The average molecular weight is 501 g/mol. The highest BCUT2D eigenvalue weighted by Crippen LogP contribution is 2.87. The van der Waals surface area contributed by atoms with Crippen molar-refractivity contribution in [3.05, 3.63) is 58.7 Å². The summed E-state index contributed by atoms with van der Waals surface area (Å²) in [7, 11) is 0. The Morgan fingerprint density at radius 1 is 0.946 bits per heavy atom. The lowest BCUT2D eigenvalue weighted by molar-refractivity contribution is -0.240. The third kappa shape index (κ3) is 2.32. The molecule has 5 bridgehead atoms. The maximum Gasteiger partial charge on any atom is 0.180 e. The van der Waals surface area contributed by atoms with Crippen molar-refractivity contribution in [3.8, 4) is 0 Å². The molecule has 5 saturated carbocycles. The molecule has 196 valence electrons. The zero-order valence-corrected chi connectivity index (χ0v) is 23.3. The first-order chi connectivity index (χ1) is 17.2. The molecular formula is C33H40O4. The second-order valence-corrected chi connectivity index (χ2v) is 14.2. The molecule has 1 N–H and O–H groups in total. The molecule has 0 unspecified atom stereocenters. The van der Waals surface area contributed by atoms with Crippen LogP contribution in [0.1, 0.15) is 96.5 Å². The Morgan fingerprint density at radius 2 is 1.59 bits per heavy atom. The standard InChI is InChI=1S/C33H40O4/c1-19(2)12-13-21-16-31-17-24-28(5,6)23-11-9-8-10-22(23)25(34)32(24)27(36)30(26(31)35,15-14-20(3)4)18-29(21,7)33(31,32)37/h8-12,14,21,24,37H,13,15-18H2,1-7H3/t21-,24-,29+,30-,31-,32-,33-/m0/s1. The van der Waals surface area contributed by atoms with Gasteiger partial charge in [-0.15, -0.1) is 0 Å². The number of hydrogen-bond acceptors (Lipinski definition) is 4. The van der Waals surface area contributed by atoms with Crippen LogP contribution in [0.15, 0.2) is 47.6 Å². The van der Waals surface area contributed by atoms with E-state index < -0.39 is 38.6 Å². The normalized spacial score (nSPS) is 43.9. The van der Waals surface area contributed by atoms with Crippen molar-refractivity contribution in [3.63, 3.8) is 0 Å². The van der Waals surface area contributed by atoms with Gasteiger partial charge in [0, 0.05) is 11.0 Å². The fourth-order valence-electron chi connectivity index (χ4n) is 10.3. The molecule has 0 heterocycles. The predicted octanol–water partition coefficient (Wildman–Crippen LogP) is 6.17. The maximum atomic E-state index is 15.0. The molecule has 0 saturated heterocycles. The lowest BCUT2D eigenvalue weighted by Crippen LogP contribution is -2.82. The van der Waals surface area contributed by atoms with E-state index in [0.717, 1.165) is 17.6 Å². The van der Waals surface area contributed by atoms with Crippen molar-refractivity contribution < 1.29 is 19.5 Å². The molecule has 1 aromatic carbocycles. The molecule has 0 radical (unpaired) electrons. The Labute approximate surface area is 220 Å². The fraction of sp³-hybridized carbons (Fsp3) is 0.606. The number of ketones is 3. The molecule has 1 spiro atoms. The van der Waals surface area contributed by atoms with Gasteiger partial charge in [0.15, 0.2) is 17.3 Å². The van der Waals surface area contributed by atoms with E-state index in [1.165, 1.54) is 5.57 Å². The van der Waals surface area contributed by atoms with E-state index in [-0.39, 0.29) is 23.3 Å². The van der Waals surface area contributed by atoms with Gasteiger partial charge in [0.2, 0.25) is 0 Å². The summed E-state index contributed by atoms with van der Waals surface area (Å²) < 4.78 is 0. The van der Waals surface area contributed by atoms with E-state index in [2.05, 4.69) is 40.7 Å². The van der Waals surface area contributed by atoms with Crippen molar-refractivity contribution in [2.24, 2.45) is 33.5 Å². The Hall–Kier alpha value is -2.33. The smallest absolute Gasteiger partial charge is 0.180 e. The van der Waals surface area contributed by atoms with Gasteiger partial charge in [-0.2, -0.15) is 0 Å². The first kappa shape index (κ1) is 25.0. The quantitative estimate of drug-likeness (QED) is 0.397. The molecule has 5 fully saturated rings. The summed E-state index contributed by atoms with van der Waals surface area (Å²) in [4.78, 5) is 44.7. The van der Waals surface area contributed by atoms with Gasteiger partial charge in [0.05, 0.1) is 10.8 Å². The van der Waals surface area contributed by atoms with E-state index in [0.29, 0.717) is 31.2 Å². The van der Waals surface area contributed by atoms with Gasteiger partial charge in [0.25, 0.3) is 0 Å². The second kappa shape index (κ2) is 7.00. The second-order valence-electron chi connectivity index (χ2n) is 14.2. The van der Waals surface area contributed by atoms with Crippen LogP contribution in [0.4, 0.5) is 0 Å². The molecule has 6 aliphatic carbocycles. The molecule has 0 aliphatic heterocycles. The number of carbonyl (C=O) groups excluding carboxylic acids is 3. The van der Waals surface area contributed by atoms with E-state index in [1.54, 1.807) is 0 Å². The van der Waals surface area contributed by atoms with Crippen LogP contribution in [0.25, 0.3) is 0 Å². The van der Waals surface area contributed by atoms with E-state index >= 15 is 4.79 Å². The van der Waals surface area contributed by atoms with Crippen molar-refractivity contribution in [1.82, 2.24) is 0 Å². The molecule has 7 atom stereocenters. The molecule has 6 aliphatic rings. The Balaban J connectivity index is 1.71. The van der Waals surface area contributed by atoms with Crippen LogP contribution in [0, 0.1) is 33.5 Å². The minimum Gasteiger partial charge on any atom is -0.387 e. The average Bonchev–Trinajstić information content (AvgIpc) is 3.15. The van der Waals surface area contributed by atoms with E-state index in [4.69, 9.17) is 0 Å². The predicted molar refractivity (Wildman–Crippen MR) is 143 cm³/mol. The van der Waals surface area contributed by atoms with Gasteiger partial charge in [-0.25, -0.2) is 0 Å². The van der Waals surface area contributed by atoms with Crippen molar-refractivity contribution in [2.75, 3.05) is 0 Å².